The van der Waals surface area contributed by atoms with Crippen LogP contribution in [0.1, 0.15) is 143 Å². The van der Waals surface area contributed by atoms with E-state index in [0.717, 1.165) is 103 Å². The monoisotopic (exact) mass is 639 g/mol. The lowest BCUT2D eigenvalue weighted by Gasteiger charge is -2.50. The summed E-state index contributed by atoms with van der Waals surface area (Å²) >= 11 is 0. The number of rotatable bonds is 14. The molecule has 6 atom stereocenters. The third-order valence-electron chi connectivity index (χ3n) is 13.1. The maximum atomic E-state index is 12.1. The molecule has 0 aromatic rings. The quantitative estimate of drug-likeness (QED) is 0.110. The van der Waals surface area contributed by atoms with Gasteiger partial charge in [0.05, 0.1) is 11.2 Å². The molecule has 4 fully saturated rings. The predicted octanol–water partition coefficient (Wildman–Crippen LogP) is 8.34. The summed E-state index contributed by atoms with van der Waals surface area (Å²) in [6.07, 6.45) is 17.9. The number of hydrogen-bond donors (Lipinski definition) is 1. The zero-order valence-electron chi connectivity index (χ0n) is 28.0. The van der Waals surface area contributed by atoms with E-state index in [4.69, 9.17) is 9.68 Å². The zero-order chi connectivity index (χ0) is 32.6. The molecule has 0 saturated heterocycles. The van der Waals surface area contributed by atoms with Crippen molar-refractivity contribution in [1.82, 2.24) is 16.1 Å². The molecular formula is C32H57N5O8-2. The summed E-state index contributed by atoms with van der Waals surface area (Å²) < 4.78 is 0. The van der Waals surface area contributed by atoms with Crippen LogP contribution in [-0.2, 0) is 19.6 Å². The summed E-state index contributed by atoms with van der Waals surface area (Å²) in [6.45, 7) is 9.24. The molecule has 260 valence electrons. The minimum atomic E-state index is -0.488. The largest absolute Gasteiger partial charge is 0.751 e. The van der Waals surface area contributed by atoms with Crippen LogP contribution in [0.15, 0.2) is 10.7 Å². The molecule has 13 heteroatoms. The summed E-state index contributed by atoms with van der Waals surface area (Å²) in [5.41, 5.74) is 2.12. The lowest BCUT2D eigenvalue weighted by atomic mass is 9.65. The first-order chi connectivity index (χ1) is 21.5. The van der Waals surface area contributed by atoms with Gasteiger partial charge in [0.1, 0.15) is 0 Å². The molecule has 0 radical (unpaired) electrons. The molecule has 0 aromatic carbocycles. The third-order valence-corrected chi connectivity index (χ3v) is 13.1. The Kier molecular flexibility index (Phi) is 13.0. The summed E-state index contributed by atoms with van der Waals surface area (Å²) in [7, 11) is 0. The molecule has 4 aliphatic rings. The number of hydrogen-bond acceptors (Lipinski definition) is 13. The molecule has 0 amide bonds. The van der Waals surface area contributed by atoms with Crippen LogP contribution in [0.3, 0.4) is 0 Å². The first kappa shape index (κ1) is 36.4. The molecule has 0 bridgehead atoms. The van der Waals surface area contributed by atoms with Gasteiger partial charge in [-0.3, -0.25) is 19.6 Å². The van der Waals surface area contributed by atoms with Gasteiger partial charge < -0.3 is 10.4 Å². The van der Waals surface area contributed by atoms with Crippen LogP contribution in [-0.4, -0.2) is 34.7 Å². The van der Waals surface area contributed by atoms with Crippen LogP contribution in [0.25, 0.3) is 0 Å². The molecule has 1 N–H and O–H groups in total. The standard InChI is InChI=1S/C32H57N5O8/c1-25-11-19-31(29(3)15-7-5-6-8-16-29,21-13-27(25)23-36(40)44-33-38)42-35-43-32(30(4)17-9-10-18-30)20-12-26(2)28(14-22-32)24-37(41)45-34-39/h25-28,35H,5-24H2,1-4H3/q-2. The molecule has 45 heavy (non-hydrogen) atoms. The van der Waals surface area contributed by atoms with Crippen molar-refractivity contribution in [1.29, 1.82) is 0 Å². The molecule has 0 spiro atoms. The van der Waals surface area contributed by atoms with Gasteiger partial charge in [-0.25, -0.2) is 0 Å². The Bertz CT molecular complexity index is 933. The van der Waals surface area contributed by atoms with E-state index < -0.39 is 11.2 Å². The van der Waals surface area contributed by atoms with Gasteiger partial charge in [0.2, 0.25) is 0 Å². The molecule has 0 heterocycles. The van der Waals surface area contributed by atoms with Gasteiger partial charge in [-0.1, -0.05) is 71.9 Å². The van der Waals surface area contributed by atoms with Gasteiger partial charge in [0.15, 0.2) is 10.7 Å². The van der Waals surface area contributed by atoms with E-state index >= 15 is 0 Å². The maximum absolute atomic E-state index is 12.1. The van der Waals surface area contributed by atoms with Crippen molar-refractivity contribution in [3.8, 4) is 0 Å². The summed E-state index contributed by atoms with van der Waals surface area (Å²) in [5, 5.41) is 29.4. The van der Waals surface area contributed by atoms with Crippen molar-refractivity contribution >= 4 is 0 Å². The summed E-state index contributed by atoms with van der Waals surface area (Å²) in [6, 6.07) is 0. The highest BCUT2D eigenvalue weighted by molar-refractivity contribution is 5.03. The summed E-state index contributed by atoms with van der Waals surface area (Å²) in [5.74, 6) is 0.605. The molecule has 13 nitrogen and oxygen atoms in total. The van der Waals surface area contributed by atoms with Crippen molar-refractivity contribution in [2.45, 2.75) is 154 Å². The second-order valence-electron chi connectivity index (χ2n) is 15.5. The van der Waals surface area contributed by atoms with Gasteiger partial charge in [0, 0.05) is 13.1 Å². The topological polar surface area (TPSA) is 160 Å². The van der Waals surface area contributed by atoms with Crippen LogP contribution >= 0.6 is 0 Å². The van der Waals surface area contributed by atoms with Gasteiger partial charge in [-0.05, 0) is 112 Å². The van der Waals surface area contributed by atoms with Crippen molar-refractivity contribution in [2.24, 2.45) is 45.2 Å². The van der Waals surface area contributed by atoms with Crippen LogP contribution in [0.5, 0.6) is 0 Å². The van der Waals surface area contributed by atoms with E-state index in [1.165, 1.54) is 12.8 Å². The third kappa shape index (κ3) is 8.52. The van der Waals surface area contributed by atoms with Crippen molar-refractivity contribution in [3.63, 3.8) is 0 Å². The highest BCUT2D eigenvalue weighted by Crippen LogP contribution is 2.56. The fourth-order valence-corrected chi connectivity index (χ4v) is 9.53. The Labute approximate surface area is 268 Å². The molecule has 4 aliphatic carbocycles. The maximum Gasteiger partial charge on any atom is 0.175 e. The highest BCUT2D eigenvalue weighted by atomic mass is 17.0. The van der Waals surface area contributed by atoms with Crippen LogP contribution in [0, 0.1) is 54.7 Å². The molecule has 6 unspecified atom stereocenters. The molecular weight excluding hydrogens is 582 g/mol. The molecule has 0 aliphatic heterocycles. The minimum absolute atomic E-state index is 0.0391. The smallest absolute Gasteiger partial charge is 0.175 e. The van der Waals surface area contributed by atoms with Gasteiger partial charge in [0.25, 0.3) is 0 Å². The zero-order valence-corrected chi connectivity index (χ0v) is 28.0. The van der Waals surface area contributed by atoms with Crippen molar-refractivity contribution in [2.75, 3.05) is 13.1 Å². The number of nitrogens with zero attached hydrogens (tertiary/aromatic N) is 4. The van der Waals surface area contributed by atoms with E-state index in [2.05, 4.69) is 53.9 Å². The predicted molar refractivity (Wildman–Crippen MR) is 169 cm³/mol. The number of nitrogens with one attached hydrogen (secondary N) is 1. The Morgan fingerprint density at radius 1 is 0.622 bits per heavy atom. The molecule has 0 aromatic heterocycles. The van der Waals surface area contributed by atoms with Gasteiger partial charge >= 0.3 is 0 Å². The van der Waals surface area contributed by atoms with Crippen LogP contribution < -0.4 is 5.64 Å². The first-order valence-electron chi connectivity index (χ1n) is 17.5. The van der Waals surface area contributed by atoms with Crippen molar-refractivity contribution < 1.29 is 19.6 Å². The van der Waals surface area contributed by atoms with Crippen molar-refractivity contribution in [3.05, 3.63) is 20.2 Å². The van der Waals surface area contributed by atoms with E-state index in [1.54, 1.807) is 0 Å². The fraction of sp³-hybridized carbons (Fsp3) is 1.00. The van der Waals surface area contributed by atoms with Crippen LogP contribution in [0.4, 0.5) is 0 Å². The van der Waals surface area contributed by atoms with E-state index in [1.807, 2.05) is 0 Å². The van der Waals surface area contributed by atoms with E-state index in [9.17, 15) is 20.2 Å². The SMILES string of the molecule is CC1CCC(ONOC2(C3(C)CCCC3)CCC(C)C(CN([O-])ON=O)CC2)(C2(C)CCCCCC2)CCC1CN([O-])ON=O. The Hall–Kier alpha value is -1.48. The average Bonchev–Trinajstić information content (AvgIpc) is 3.14. The van der Waals surface area contributed by atoms with E-state index in [-0.39, 0.29) is 47.6 Å². The Morgan fingerprint density at radius 2 is 0.978 bits per heavy atom. The Balaban J connectivity index is 1.55. The molecule has 4 saturated carbocycles. The number of hydroxylamine groups is 4. The lowest BCUT2D eigenvalue weighted by Crippen LogP contribution is -2.55. The second-order valence-corrected chi connectivity index (χ2v) is 15.5. The second kappa shape index (κ2) is 16.1. The van der Waals surface area contributed by atoms with Crippen LogP contribution in [0.2, 0.25) is 0 Å². The average molecular weight is 640 g/mol. The highest BCUT2D eigenvalue weighted by Gasteiger charge is 2.54. The normalized spacial score (nSPS) is 35.7. The minimum Gasteiger partial charge on any atom is -0.751 e. The molecule has 4 rings (SSSR count). The van der Waals surface area contributed by atoms with Gasteiger partial charge in [-0.15, -0.1) is 9.81 Å². The lowest BCUT2D eigenvalue weighted by molar-refractivity contribution is -0.329. The van der Waals surface area contributed by atoms with Gasteiger partial charge in [-0.2, -0.15) is 10.5 Å². The summed E-state index contributed by atoms with van der Waals surface area (Å²) in [4.78, 5) is 43.5. The first-order valence-corrected chi connectivity index (χ1v) is 17.5. The fourth-order valence-electron chi connectivity index (χ4n) is 9.53. The van der Waals surface area contributed by atoms with E-state index in [0.29, 0.717) is 10.5 Å². The Morgan fingerprint density at radius 3 is 1.36 bits per heavy atom.